The van der Waals surface area contributed by atoms with Crippen molar-refractivity contribution in [1.82, 2.24) is 29.8 Å². The third-order valence-corrected chi connectivity index (χ3v) is 4.18. The van der Waals surface area contributed by atoms with Gasteiger partial charge in [0.15, 0.2) is 5.82 Å². The van der Waals surface area contributed by atoms with E-state index in [1.165, 1.54) is 0 Å². The molecule has 1 aliphatic rings. The van der Waals surface area contributed by atoms with Gasteiger partial charge in [-0.2, -0.15) is 10.1 Å². The Morgan fingerprint density at radius 3 is 2.78 bits per heavy atom. The van der Waals surface area contributed by atoms with Crippen LogP contribution in [0.25, 0.3) is 11.5 Å². The molecule has 2 aromatic heterocycles. The number of nitrogens with zero attached hydrogens (tertiary/aromatic N) is 6. The first-order valence-electron chi connectivity index (χ1n) is 7.74. The van der Waals surface area contributed by atoms with Crippen molar-refractivity contribution in [3.63, 3.8) is 0 Å². The maximum absolute atomic E-state index is 5.42. The van der Waals surface area contributed by atoms with Crippen LogP contribution >= 0.6 is 0 Å². The highest BCUT2D eigenvalue weighted by atomic mass is 16.5. The van der Waals surface area contributed by atoms with E-state index in [1.807, 2.05) is 41.9 Å². The van der Waals surface area contributed by atoms with Crippen molar-refractivity contribution >= 4 is 0 Å². The van der Waals surface area contributed by atoms with E-state index in [9.17, 15) is 0 Å². The number of aryl methyl sites for hydroxylation is 1. The van der Waals surface area contributed by atoms with E-state index in [0.29, 0.717) is 11.7 Å². The van der Waals surface area contributed by atoms with Crippen LogP contribution in [0, 0.1) is 6.92 Å². The Kier molecular flexibility index (Phi) is 3.42. The fraction of sp³-hybridized carbons (Fsp3) is 0.375. The van der Waals surface area contributed by atoms with Crippen LogP contribution < -0.4 is 0 Å². The first kappa shape index (κ1) is 14.1. The summed E-state index contributed by atoms with van der Waals surface area (Å²) in [6.45, 7) is 6.50. The second-order valence-electron chi connectivity index (χ2n) is 5.77. The van der Waals surface area contributed by atoms with Crippen molar-refractivity contribution in [3.8, 4) is 11.5 Å². The Hall–Kier alpha value is -2.54. The van der Waals surface area contributed by atoms with Gasteiger partial charge in [-0.25, -0.2) is 9.67 Å². The molecule has 7 heteroatoms. The van der Waals surface area contributed by atoms with Gasteiger partial charge in [-0.15, -0.1) is 0 Å². The van der Waals surface area contributed by atoms with E-state index in [2.05, 4.69) is 32.0 Å². The largest absolute Gasteiger partial charge is 0.334 e. The Balaban J connectivity index is 1.54. The second kappa shape index (κ2) is 5.58. The maximum Gasteiger partial charge on any atom is 0.257 e. The molecular formula is C16H18N6O. The standard InChI is InChI=1S/C16H18N6O/c1-11(21-8-9-22-14(10-21)17-12(2)19-22)15-18-16(23-20-15)13-6-4-3-5-7-13/h3-7,11H,8-10H2,1-2H3. The van der Waals surface area contributed by atoms with Crippen LogP contribution in [0.2, 0.25) is 0 Å². The highest BCUT2D eigenvalue weighted by Crippen LogP contribution is 2.25. The summed E-state index contributed by atoms with van der Waals surface area (Å²) in [5.41, 5.74) is 0.937. The lowest BCUT2D eigenvalue weighted by molar-refractivity contribution is 0.150. The van der Waals surface area contributed by atoms with Gasteiger partial charge in [-0.05, 0) is 26.0 Å². The summed E-state index contributed by atoms with van der Waals surface area (Å²) in [4.78, 5) is 11.3. The zero-order valence-corrected chi connectivity index (χ0v) is 13.2. The number of hydrogen-bond acceptors (Lipinski definition) is 6. The fourth-order valence-corrected chi connectivity index (χ4v) is 2.88. The van der Waals surface area contributed by atoms with Crippen molar-refractivity contribution in [2.75, 3.05) is 6.54 Å². The number of fused-ring (bicyclic) bond motifs is 1. The molecule has 0 bridgehead atoms. The van der Waals surface area contributed by atoms with Gasteiger partial charge in [0.1, 0.15) is 11.6 Å². The van der Waals surface area contributed by atoms with Crippen molar-refractivity contribution < 1.29 is 4.52 Å². The van der Waals surface area contributed by atoms with Gasteiger partial charge in [-0.3, -0.25) is 4.90 Å². The van der Waals surface area contributed by atoms with Crippen LogP contribution in [0.1, 0.15) is 30.4 Å². The summed E-state index contributed by atoms with van der Waals surface area (Å²) in [5, 5.41) is 8.55. The van der Waals surface area contributed by atoms with Crippen LogP contribution in [0.15, 0.2) is 34.9 Å². The number of hydrogen-bond donors (Lipinski definition) is 0. The smallest absolute Gasteiger partial charge is 0.257 e. The SMILES string of the molecule is Cc1nc2n(n1)CCN(C(C)c1noc(-c3ccccc3)n1)C2. The van der Waals surface area contributed by atoms with Crippen molar-refractivity contribution in [1.29, 1.82) is 0 Å². The molecule has 0 saturated heterocycles. The molecular weight excluding hydrogens is 292 g/mol. The van der Waals surface area contributed by atoms with E-state index in [1.54, 1.807) is 0 Å². The minimum atomic E-state index is 0.0713. The van der Waals surface area contributed by atoms with Crippen molar-refractivity contribution in [2.45, 2.75) is 33.0 Å². The Morgan fingerprint density at radius 2 is 1.96 bits per heavy atom. The van der Waals surface area contributed by atoms with Crippen LogP contribution in [0.4, 0.5) is 0 Å². The molecule has 0 amide bonds. The van der Waals surface area contributed by atoms with Crippen molar-refractivity contribution in [3.05, 3.63) is 47.8 Å². The Morgan fingerprint density at radius 1 is 1.13 bits per heavy atom. The lowest BCUT2D eigenvalue weighted by Crippen LogP contribution is -2.36. The topological polar surface area (TPSA) is 72.9 Å². The third-order valence-electron chi connectivity index (χ3n) is 4.18. The van der Waals surface area contributed by atoms with Gasteiger partial charge >= 0.3 is 0 Å². The first-order chi connectivity index (χ1) is 11.2. The van der Waals surface area contributed by atoms with Gasteiger partial charge in [0, 0.05) is 12.1 Å². The quantitative estimate of drug-likeness (QED) is 0.738. The van der Waals surface area contributed by atoms with Crippen LogP contribution in [-0.4, -0.2) is 36.3 Å². The molecule has 0 saturated carbocycles. The third kappa shape index (κ3) is 2.63. The van der Waals surface area contributed by atoms with E-state index in [-0.39, 0.29) is 6.04 Å². The predicted molar refractivity (Wildman–Crippen MR) is 83.3 cm³/mol. The summed E-state index contributed by atoms with van der Waals surface area (Å²) < 4.78 is 7.39. The molecule has 0 fully saturated rings. The lowest BCUT2D eigenvalue weighted by atomic mass is 10.2. The molecule has 3 aromatic rings. The minimum absolute atomic E-state index is 0.0713. The van der Waals surface area contributed by atoms with Crippen LogP contribution in [0.5, 0.6) is 0 Å². The fourth-order valence-electron chi connectivity index (χ4n) is 2.88. The number of benzene rings is 1. The van der Waals surface area contributed by atoms with Gasteiger partial charge in [0.25, 0.3) is 5.89 Å². The normalized spacial score (nSPS) is 16.3. The zero-order chi connectivity index (χ0) is 15.8. The average molecular weight is 310 g/mol. The highest BCUT2D eigenvalue weighted by Gasteiger charge is 2.26. The molecule has 1 atom stereocenters. The molecule has 23 heavy (non-hydrogen) atoms. The summed E-state index contributed by atoms with van der Waals surface area (Å²) in [6, 6.07) is 9.89. The lowest BCUT2D eigenvalue weighted by Gasteiger charge is -2.30. The zero-order valence-electron chi connectivity index (χ0n) is 13.2. The number of rotatable bonds is 3. The predicted octanol–water partition coefficient (Wildman–Crippen LogP) is 2.21. The van der Waals surface area contributed by atoms with Gasteiger partial charge < -0.3 is 4.52 Å². The van der Waals surface area contributed by atoms with Gasteiger partial charge in [0.05, 0.1) is 19.1 Å². The minimum Gasteiger partial charge on any atom is -0.334 e. The van der Waals surface area contributed by atoms with E-state index < -0.39 is 0 Å². The molecule has 1 aromatic carbocycles. The molecule has 1 unspecified atom stereocenters. The first-order valence-corrected chi connectivity index (χ1v) is 7.74. The second-order valence-corrected chi connectivity index (χ2v) is 5.77. The molecule has 0 N–H and O–H groups in total. The Bertz CT molecular complexity index is 809. The summed E-state index contributed by atoms with van der Waals surface area (Å²) in [6.07, 6.45) is 0. The molecule has 7 nitrogen and oxygen atoms in total. The van der Waals surface area contributed by atoms with E-state index >= 15 is 0 Å². The van der Waals surface area contributed by atoms with Gasteiger partial charge in [-0.1, -0.05) is 23.4 Å². The van der Waals surface area contributed by atoms with Crippen LogP contribution in [0.3, 0.4) is 0 Å². The maximum atomic E-state index is 5.42. The average Bonchev–Trinajstić information content (AvgIpc) is 3.20. The molecule has 0 aliphatic carbocycles. The van der Waals surface area contributed by atoms with Gasteiger partial charge in [0.2, 0.25) is 0 Å². The number of aromatic nitrogens is 5. The highest BCUT2D eigenvalue weighted by molar-refractivity contribution is 5.52. The van der Waals surface area contributed by atoms with E-state index in [0.717, 1.165) is 36.8 Å². The van der Waals surface area contributed by atoms with E-state index in [4.69, 9.17) is 4.52 Å². The molecule has 1 aliphatic heterocycles. The molecule has 118 valence electrons. The molecule has 0 spiro atoms. The Labute approximate surface area is 134 Å². The summed E-state index contributed by atoms with van der Waals surface area (Å²) in [7, 11) is 0. The molecule has 3 heterocycles. The monoisotopic (exact) mass is 310 g/mol. The van der Waals surface area contributed by atoms with Crippen LogP contribution in [-0.2, 0) is 13.1 Å². The van der Waals surface area contributed by atoms with Crippen molar-refractivity contribution in [2.24, 2.45) is 0 Å². The summed E-state index contributed by atoms with van der Waals surface area (Å²) >= 11 is 0. The molecule has 4 rings (SSSR count). The summed E-state index contributed by atoms with van der Waals surface area (Å²) in [5.74, 6) is 3.07. The molecule has 0 radical (unpaired) electrons.